The van der Waals surface area contributed by atoms with Gasteiger partial charge in [0.05, 0.1) is 36.2 Å². The summed E-state index contributed by atoms with van der Waals surface area (Å²) in [7, 11) is 0. The lowest BCUT2D eigenvalue weighted by Crippen LogP contribution is -2.40. The second-order valence-electron chi connectivity index (χ2n) is 5.18. The number of H-pyrrole nitrogens is 1. The third-order valence-electron chi connectivity index (χ3n) is 3.65. The van der Waals surface area contributed by atoms with Crippen LogP contribution in [0.3, 0.4) is 0 Å². The normalized spacial score (nSPS) is 19.8. The van der Waals surface area contributed by atoms with Gasteiger partial charge in [0.1, 0.15) is 5.82 Å². The zero-order valence-electron chi connectivity index (χ0n) is 12.1. The van der Waals surface area contributed by atoms with Gasteiger partial charge >= 0.3 is 0 Å². The molecule has 7 heteroatoms. The first-order valence-electron chi connectivity index (χ1n) is 6.92. The molecule has 1 fully saturated rings. The molecule has 0 saturated carbocycles. The van der Waals surface area contributed by atoms with Gasteiger partial charge < -0.3 is 9.72 Å². The Morgan fingerprint density at radius 1 is 1.52 bits per heavy atom. The molecule has 1 aliphatic heterocycles. The van der Waals surface area contributed by atoms with E-state index in [1.807, 2.05) is 12.4 Å². The Bertz CT molecular complexity index is 682. The third-order valence-corrected chi connectivity index (χ3v) is 4.57. The van der Waals surface area contributed by atoms with Crippen LogP contribution in [0, 0.1) is 13.8 Å². The number of aryl methyl sites for hydroxylation is 2. The van der Waals surface area contributed by atoms with E-state index in [1.54, 1.807) is 24.3 Å². The van der Waals surface area contributed by atoms with E-state index >= 15 is 0 Å². The quantitative estimate of drug-likeness (QED) is 0.928. The van der Waals surface area contributed by atoms with Gasteiger partial charge in [-0.3, -0.25) is 9.69 Å². The SMILES string of the molecule is Cc1nc([C@@H]2COCCN2Cc2scnc2C)cc(=O)[nH]1. The summed E-state index contributed by atoms with van der Waals surface area (Å²) in [6.45, 7) is 6.74. The summed E-state index contributed by atoms with van der Waals surface area (Å²) in [5.74, 6) is 0.636. The largest absolute Gasteiger partial charge is 0.378 e. The maximum Gasteiger partial charge on any atom is 0.251 e. The molecule has 0 spiro atoms. The van der Waals surface area contributed by atoms with Crippen molar-refractivity contribution in [3.63, 3.8) is 0 Å². The highest BCUT2D eigenvalue weighted by Crippen LogP contribution is 2.26. The van der Waals surface area contributed by atoms with Crippen molar-refractivity contribution in [1.82, 2.24) is 19.9 Å². The van der Waals surface area contributed by atoms with Gasteiger partial charge in [0.15, 0.2) is 0 Å². The van der Waals surface area contributed by atoms with Crippen molar-refractivity contribution in [3.05, 3.63) is 44.0 Å². The van der Waals surface area contributed by atoms with E-state index < -0.39 is 0 Å². The molecule has 21 heavy (non-hydrogen) atoms. The Balaban J connectivity index is 1.87. The fourth-order valence-electron chi connectivity index (χ4n) is 2.54. The number of rotatable bonds is 3. The molecule has 1 N–H and O–H groups in total. The van der Waals surface area contributed by atoms with E-state index in [0.29, 0.717) is 19.0 Å². The van der Waals surface area contributed by atoms with Gasteiger partial charge in [-0.05, 0) is 13.8 Å². The van der Waals surface area contributed by atoms with E-state index in [4.69, 9.17) is 4.74 Å². The van der Waals surface area contributed by atoms with Crippen molar-refractivity contribution in [2.24, 2.45) is 0 Å². The molecule has 0 aliphatic carbocycles. The van der Waals surface area contributed by atoms with Crippen LogP contribution in [-0.2, 0) is 11.3 Å². The molecule has 0 bridgehead atoms. The Hall–Kier alpha value is -1.57. The van der Waals surface area contributed by atoms with Crippen LogP contribution in [-0.4, -0.2) is 39.6 Å². The number of aromatic nitrogens is 3. The van der Waals surface area contributed by atoms with E-state index in [-0.39, 0.29) is 11.6 Å². The van der Waals surface area contributed by atoms with Crippen LogP contribution in [0.1, 0.15) is 28.1 Å². The number of ether oxygens (including phenoxy) is 1. The fourth-order valence-corrected chi connectivity index (χ4v) is 3.34. The number of hydrogen-bond acceptors (Lipinski definition) is 6. The Morgan fingerprint density at radius 3 is 3.10 bits per heavy atom. The van der Waals surface area contributed by atoms with Gasteiger partial charge in [0, 0.05) is 24.0 Å². The minimum absolute atomic E-state index is 0.0150. The first-order valence-corrected chi connectivity index (χ1v) is 7.80. The predicted octanol–water partition coefficient (Wildman–Crippen LogP) is 1.42. The molecule has 0 aromatic carbocycles. The lowest BCUT2D eigenvalue weighted by Gasteiger charge is -2.34. The van der Waals surface area contributed by atoms with Gasteiger partial charge in [0.25, 0.3) is 5.56 Å². The molecule has 0 unspecified atom stereocenters. The minimum Gasteiger partial charge on any atom is -0.378 e. The summed E-state index contributed by atoms with van der Waals surface area (Å²) >= 11 is 1.66. The van der Waals surface area contributed by atoms with Crippen LogP contribution in [0.25, 0.3) is 0 Å². The lowest BCUT2D eigenvalue weighted by atomic mass is 10.1. The first-order chi connectivity index (χ1) is 10.1. The number of morpholine rings is 1. The highest BCUT2D eigenvalue weighted by molar-refractivity contribution is 7.09. The van der Waals surface area contributed by atoms with E-state index in [9.17, 15) is 4.79 Å². The summed E-state index contributed by atoms with van der Waals surface area (Å²) in [6.07, 6.45) is 0. The zero-order valence-corrected chi connectivity index (χ0v) is 12.9. The second-order valence-corrected chi connectivity index (χ2v) is 6.12. The summed E-state index contributed by atoms with van der Waals surface area (Å²) in [4.78, 5) is 26.7. The van der Waals surface area contributed by atoms with Crippen molar-refractivity contribution in [2.75, 3.05) is 19.8 Å². The fraction of sp³-hybridized carbons (Fsp3) is 0.500. The van der Waals surface area contributed by atoms with Crippen molar-refractivity contribution < 1.29 is 4.74 Å². The first kappa shape index (κ1) is 14.4. The number of thiazole rings is 1. The molecule has 1 saturated heterocycles. The summed E-state index contributed by atoms with van der Waals surface area (Å²) < 4.78 is 5.59. The molecule has 1 aliphatic rings. The van der Waals surface area contributed by atoms with Gasteiger partial charge in [-0.15, -0.1) is 11.3 Å². The average molecular weight is 306 g/mol. The van der Waals surface area contributed by atoms with Crippen LogP contribution in [0.5, 0.6) is 0 Å². The van der Waals surface area contributed by atoms with Crippen molar-refractivity contribution >= 4 is 11.3 Å². The van der Waals surface area contributed by atoms with Gasteiger partial charge in [-0.1, -0.05) is 0 Å². The molecule has 112 valence electrons. The number of hydrogen-bond donors (Lipinski definition) is 1. The van der Waals surface area contributed by atoms with E-state index in [2.05, 4.69) is 19.9 Å². The Labute approximate surface area is 126 Å². The van der Waals surface area contributed by atoms with E-state index in [0.717, 1.165) is 24.5 Å². The molecular formula is C14H18N4O2S. The molecule has 3 heterocycles. The zero-order chi connectivity index (χ0) is 14.8. The minimum atomic E-state index is -0.114. The predicted molar refractivity (Wildman–Crippen MR) is 80.4 cm³/mol. The average Bonchev–Trinajstić information content (AvgIpc) is 2.84. The van der Waals surface area contributed by atoms with Crippen LogP contribution in [0.15, 0.2) is 16.4 Å². The molecule has 2 aromatic rings. The maximum atomic E-state index is 11.7. The smallest absolute Gasteiger partial charge is 0.251 e. The Morgan fingerprint density at radius 2 is 2.38 bits per heavy atom. The van der Waals surface area contributed by atoms with Crippen molar-refractivity contribution in [1.29, 1.82) is 0 Å². The van der Waals surface area contributed by atoms with Gasteiger partial charge in [0.2, 0.25) is 0 Å². The highest BCUT2D eigenvalue weighted by Gasteiger charge is 2.27. The van der Waals surface area contributed by atoms with Crippen molar-refractivity contribution in [2.45, 2.75) is 26.4 Å². The standard InChI is InChI=1S/C14H18N4O2S/c1-9-13(21-8-15-9)6-18-3-4-20-7-12(18)11-5-14(19)17-10(2)16-11/h5,8,12H,3-4,6-7H2,1-2H3,(H,16,17,19)/t12-/m0/s1. The Kier molecular flexibility index (Phi) is 4.14. The number of nitrogens with one attached hydrogen (secondary N) is 1. The van der Waals surface area contributed by atoms with Crippen LogP contribution >= 0.6 is 11.3 Å². The van der Waals surface area contributed by atoms with Gasteiger partial charge in [-0.25, -0.2) is 9.97 Å². The highest BCUT2D eigenvalue weighted by atomic mass is 32.1. The number of aromatic amines is 1. The number of nitrogens with zero attached hydrogens (tertiary/aromatic N) is 3. The van der Waals surface area contributed by atoms with Crippen LogP contribution in [0.2, 0.25) is 0 Å². The van der Waals surface area contributed by atoms with Gasteiger partial charge in [-0.2, -0.15) is 0 Å². The topological polar surface area (TPSA) is 71.1 Å². The molecular weight excluding hydrogens is 288 g/mol. The van der Waals surface area contributed by atoms with Crippen LogP contribution < -0.4 is 5.56 Å². The van der Waals surface area contributed by atoms with Crippen LogP contribution in [0.4, 0.5) is 0 Å². The molecule has 0 amide bonds. The molecule has 3 rings (SSSR count). The summed E-state index contributed by atoms with van der Waals surface area (Å²) in [5.41, 5.74) is 3.60. The monoisotopic (exact) mass is 306 g/mol. The van der Waals surface area contributed by atoms with E-state index in [1.165, 1.54) is 4.88 Å². The molecule has 2 aromatic heterocycles. The maximum absolute atomic E-state index is 11.7. The molecule has 1 atom stereocenters. The lowest BCUT2D eigenvalue weighted by molar-refractivity contribution is -0.0140. The molecule has 0 radical (unpaired) electrons. The summed E-state index contributed by atoms with van der Waals surface area (Å²) in [6, 6.07) is 1.58. The van der Waals surface area contributed by atoms with Crippen molar-refractivity contribution in [3.8, 4) is 0 Å². The second kappa shape index (κ2) is 6.05. The molecule has 6 nitrogen and oxygen atoms in total. The third kappa shape index (κ3) is 3.20. The summed E-state index contributed by atoms with van der Waals surface area (Å²) in [5, 5.41) is 0.